The molecule has 0 radical (unpaired) electrons. The topological polar surface area (TPSA) is 35.2 Å². The van der Waals surface area contributed by atoms with Crippen LogP contribution in [0.15, 0.2) is 36.4 Å². The van der Waals surface area contributed by atoms with E-state index in [0.29, 0.717) is 0 Å². The van der Waals surface area contributed by atoms with Crippen LogP contribution in [0, 0.1) is 0 Å². The lowest BCUT2D eigenvalue weighted by atomic mass is 9.94. The van der Waals surface area contributed by atoms with Crippen molar-refractivity contribution < 1.29 is 4.74 Å². The van der Waals surface area contributed by atoms with Gasteiger partial charge in [-0.15, -0.1) is 0 Å². The lowest BCUT2D eigenvalue weighted by Crippen LogP contribution is -2.04. The Bertz CT molecular complexity index is 648. The van der Waals surface area contributed by atoms with Gasteiger partial charge in [0.2, 0.25) is 0 Å². The van der Waals surface area contributed by atoms with Gasteiger partial charge in [0.05, 0.1) is 13.2 Å². The Balaban J connectivity index is 1.85. The number of nitrogens with two attached hydrogens (primary N) is 1. The monoisotopic (exact) mass is 251 g/mol. The lowest BCUT2D eigenvalue weighted by molar-refractivity contribution is 0.134. The summed E-state index contributed by atoms with van der Waals surface area (Å²) in [5.74, 6) is 0. The van der Waals surface area contributed by atoms with Crippen molar-refractivity contribution in [3.05, 3.63) is 58.7 Å². The van der Waals surface area contributed by atoms with Crippen LogP contribution in [0.3, 0.4) is 0 Å². The second kappa shape index (κ2) is 4.19. The highest BCUT2D eigenvalue weighted by Gasteiger charge is 2.22. The van der Waals surface area contributed by atoms with Crippen molar-refractivity contribution in [3.63, 3.8) is 0 Å². The maximum absolute atomic E-state index is 6.16. The summed E-state index contributed by atoms with van der Waals surface area (Å²) in [6.07, 6.45) is 2.17. The number of rotatable bonds is 1. The average molecular weight is 251 g/mol. The third-order valence-electron chi connectivity index (χ3n) is 4.35. The van der Waals surface area contributed by atoms with Gasteiger partial charge in [-0.2, -0.15) is 0 Å². The quantitative estimate of drug-likeness (QED) is 0.843. The molecule has 1 heterocycles. The van der Waals surface area contributed by atoms with Gasteiger partial charge >= 0.3 is 0 Å². The van der Waals surface area contributed by atoms with Gasteiger partial charge in [0, 0.05) is 6.04 Å². The smallest absolute Gasteiger partial charge is 0.0725 e. The van der Waals surface area contributed by atoms with Crippen LogP contribution in [0.4, 0.5) is 0 Å². The fourth-order valence-electron chi connectivity index (χ4n) is 3.30. The lowest BCUT2D eigenvalue weighted by Gasteiger charge is -2.11. The fraction of sp³-hybridized carbons (Fsp3) is 0.294. The minimum absolute atomic E-state index is 0.215. The van der Waals surface area contributed by atoms with Crippen LogP contribution in [0.25, 0.3) is 11.1 Å². The van der Waals surface area contributed by atoms with E-state index in [4.69, 9.17) is 10.5 Å². The second-order valence-corrected chi connectivity index (χ2v) is 5.49. The van der Waals surface area contributed by atoms with E-state index in [2.05, 4.69) is 36.4 Å². The molecule has 0 amide bonds. The molecule has 0 saturated carbocycles. The molecule has 1 aliphatic carbocycles. The third-order valence-corrected chi connectivity index (χ3v) is 4.35. The summed E-state index contributed by atoms with van der Waals surface area (Å²) in [6, 6.07) is 13.4. The van der Waals surface area contributed by atoms with Crippen molar-refractivity contribution >= 4 is 0 Å². The molecule has 2 N–H and O–H groups in total. The van der Waals surface area contributed by atoms with Gasteiger partial charge in [0.1, 0.15) is 0 Å². The maximum atomic E-state index is 6.16. The summed E-state index contributed by atoms with van der Waals surface area (Å²) in [4.78, 5) is 0. The maximum Gasteiger partial charge on any atom is 0.0725 e. The first kappa shape index (κ1) is 11.2. The summed E-state index contributed by atoms with van der Waals surface area (Å²) in [5, 5.41) is 0. The predicted octanol–water partition coefficient (Wildman–Crippen LogP) is 3.33. The summed E-state index contributed by atoms with van der Waals surface area (Å²) in [6.45, 7) is 1.51. The highest BCUT2D eigenvalue weighted by Crippen LogP contribution is 2.37. The molecule has 0 fully saturated rings. The summed E-state index contributed by atoms with van der Waals surface area (Å²) < 4.78 is 5.50. The van der Waals surface area contributed by atoms with Crippen LogP contribution in [0.2, 0.25) is 0 Å². The second-order valence-electron chi connectivity index (χ2n) is 5.49. The first-order valence-corrected chi connectivity index (χ1v) is 6.90. The molecule has 4 rings (SSSR count). The zero-order valence-electron chi connectivity index (χ0n) is 10.9. The predicted molar refractivity (Wildman–Crippen MR) is 75.6 cm³/mol. The van der Waals surface area contributed by atoms with Crippen LogP contribution >= 0.6 is 0 Å². The van der Waals surface area contributed by atoms with Crippen molar-refractivity contribution in [1.82, 2.24) is 0 Å². The third kappa shape index (κ3) is 1.71. The Morgan fingerprint density at radius 2 is 1.95 bits per heavy atom. The molecule has 2 nitrogen and oxygen atoms in total. The first-order chi connectivity index (χ1) is 9.33. The van der Waals surface area contributed by atoms with E-state index in [1.54, 1.807) is 0 Å². The molecule has 0 spiro atoms. The van der Waals surface area contributed by atoms with Crippen molar-refractivity contribution in [2.45, 2.75) is 32.1 Å². The van der Waals surface area contributed by atoms with Crippen LogP contribution in [0.5, 0.6) is 0 Å². The molecule has 2 heteroatoms. The Hall–Kier alpha value is -1.64. The number of benzene rings is 2. The summed E-state index contributed by atoms with van der Waals surface area (Å²) in [7, 11) is 0. The number of hydrogen-bond donors (Lipinski definition) is 1. The number of hydrogen-bond acceptors (Lipinski definition) is 2. The van der Waals surface area contributed by atoms with Gasteiger partial charge in [-0.3, -0.25) is 0 Å². The van der Waals surface area contributed by atoms with E-state index in [1.807, 2.05) is 0 Å². The van der Waals surface area contributed by atoms with Gasteiger partial charge < -0.3 is 10.5 Å². The molecule has 1 atom stereocenters. The van der Waals surface area contributed by atoms with Crippen molar-refractivity contribution in [1.29, 1.82) is 0 Å². The Morgan fingerprint density at radius 1 is 1.05 bits per heavy atom. The van der Waals surface area contributed by atoms with Crippen molar-refractivity contribution in [3.8, 4) is 11.1 Å². The average Bonchev–Trinajstić information content (AvgIpc) is 3.05. The molecule has 2 aliphatic rings. The van der Waals surface area contributed by atoms with Crippen LogP contribution in [0.1, 0.15) is 34.7 Å². The van der Waals surface area contributed by atoms with Gasteiger partial charge in [-0.25, -0.2) is 0 Å². The first-order valence-electron chi connectivity index (χ1n) is 6.90. The van der Waals surface area contributed by atoms with Gasteiger partial charge in [0.25, 0.3) is 0 Å². The minimum Gasteiger partial charge on any atom is -0.372 e. The van der Waals surface area contributed by atoms with Gasteiger partial charge in [0.15, 0.2) is 0 Å². The zero-order chi connectivity index (χ0) is 12.8. The highest BCUT2D eigenvalue weighted by molar-refractivity contribution is 5.71. The molecular weight excluding hydrogens is 234 g/mol. The van der Waals surface area contributed by atoms with Gasteiger partial charge in [-0.05, 0) is 52.3 Å². The Morgan fingerprint density at radius 3 is 2.89 bits per heavy atom. The molecule has 0 saturated heterocycles. The largest absolute Gasteiger partial charge is 0.372 e. The molecule has 19 heavy (non-hydrogen) atoms. The van der Waals surface area contributed by atoms with E-state index in [9.17, 15) is 0 Å². The standard InChI is InChI=1S/C17H17NO/c18-17-7-6-15-14(2-1-3-16(15)17)11-4-5-12-9-19-10-13(12)8-11/h1-5,8,17H,6-7,9-10,18H2. The summed E-state index contributed by atoms with van der Waals surface area (Å²) in [5.41, 5.74) is 14.2. The molecule has 96 valence electrons. The highest BCUT2D eigenvalue weighted by atomic mass is 16.5. The van der Waals surface area contributed by atoms with E-state index in [-0.39, 0.29) is 6.04 Å². The Labute approximate surface area is 113 Å². The molecule has 2 aromatic carbocycles. The van der Waals surface area contributed by atoms with Crippen LogP contribution in [-0.4, -0.2) is 0 Å². The number of ether oxygens (including phenoxy) is 1. The fourth-order valence-corrected chi connectivity index (χ4v) is 3.30. The molecule has 1 aliphatic heterocycles. The summed E-state index contributed by atoms with van der Waals surface area (Å²) >= 11 is 0. The van der Waals surface area contributed by atoms with Gasteiger partial charge in [-0.1, -0.05) is 30.3 Å². The molecular formula is C17H17NO. The van der Waals surface area contributed by atoms with E-state index >= 15 is 0 Å². The number of fused-ring (bicyclic) bond motifs is 2. The zero-order valence-corrected chi connectivity index (χ0v) is 10.9. The van der Waals surface area contributed by atoms with E-state index in [0.717, 1.165) is 26.1 Å². The van der Waals surface area contributed by atoms with Crippen molar-refractivity contribution in [2.75, 3.05) is 0 Å². The van der Waals surface area contributed by atoms with E-state index in [1.165, 1.54) is 33.4 Å². The molecule has 0 bridgehead atoms. The van der Waals surface area contributed by atoms with Crippen molar-refractivity contribution in [2.24, 2.45) is 5.73 Å². The molecule has 2 aromatic rings. The minimum atomic E-state index is 0.215. The Kier molecular flexibility index (Phi) is 2.47. The van der Waals surface area contributed by atoms with Crippen LogP contribution in [-0.2, 0) is 24.4 Å². The SMILES string of the molecule is NC1CCc2c(-c3ccc4c(c3)COC4)cccc21. The molecule has 0 aromatic heterocycles. The van der Waals surface area contributed by atoms with E-state index < -0.39 is 0 Å². The molecule has 1 unspecified atom stereocenters. The normalized spacial score (nSPS) is 20.4. The van der Waals surface area contributed by atoms with Crippen LogP contribution < -0.4 is 5.73 Å².